The van der Waals surface area contributed by atoms with E-state index >= 15 is 0 Å². The van der Waals surface area contributed by atoms with Gasteiger partial charge in [0.2, 0.25) is 23.6 Å². The van der Waals surface area contributed by atoms with Crippen molar-refractivity contribution < 1.29 is 65.2 Å². The second-order valence-corrected chi connectivity index (χ2v) is 15.2. The highest BCUT2D eigenvalue weighted by atomic mass is 19.4. The van der Waals surface area contributed by atoms with Crippen molar-refractivity contribution in [2.45, 2.75) is 87.5 Å². The zero-order valence-corrected chi connectivity index (χ0v) is 28.7. The Kier molecular flexibility index (Phi) is 7.85. The van der Waals surface area contributed by atoms with Crippen molar-refractivity contribution in [3.63, 3.8) is 0 Å². The molecule has 2 aromatic rings. The minimum atomic E-state index is -4.81. The molecule has 6 aliphatic heterocycles. The first-order valence-corrected chi connectivity index (χ1v) is 16.6. The Hall–Kier alpha value is -4.88. The van der Waals surface area contributed by atoms with E-state index in [1.807, 2.05) is 0 Å². The van der Waals surface area contributed by atoms with Gasteiger partial charge in [-0.2, -0.15) is 31.6 Å². The Morgan fingerprint density at radius 1 is 0.722 bits per heavy atom. The van der Waals surface area contributed by atoms with Crippen molar-refractivity contribution in [3.05, 3.63) is 64.5 Å². The third-order valence-electron chi connectivity index (χ3n) is 11.9. The molecule has 6 heterocycles. The van der Waals surface area contributed by atoms with Gasteiger partial charge in [-0.15, -0.1) is 0 Å². The van der Waals surface area contributed by atoms with E-state index in [1.165, 1.54) is 6.07 Å². The van der Waals surface area contributed by atoms with E-state index in [0.29, 0.717) is 12.1 Å². The summed E-state index contributed by atoms with van der Waals surface area (Å²) in [6.07, 6.45) is -11.2. The van der Waals surface area contributed by atoms with Gasteiger partial charge >= 0.3 is 12.4 Å². The van der Waals surface area contributed by atoms with Crippen molar-refractivity contribution >= 4 is 40.7 Å². The SMILES string of the molecule is CC12C[C@H](O)C(C)(O1)[C@@H]1C(=O)N(c3ccc(C#N)c(C(F)(F)F)c3)C(=O)[C@@H]12.[C-]#[N+]c1ccc(N2C(=O)[C@@H]3[C@H](C2=O)C2(C)OC3(C)C[C@H]2O)cc1C(F)(F)F. The molecule has 0 saturated carbocycles. The molecule has 4 unspecified atom stereocenters. The summed E-state index contributed by atoms with van der Waals surface area (Å²) in [5.74, 6) is -6.37. The van der Waals surface area contributed by atoms with Gasteiger partial charge in [-0.3, -0.25) is 19.2 Å². The number of ether oxygens (including phenoxy) is 2. The number of nitrogens with zero attached hydrogens (tertiary/aromatic N) is 4. The highest BCUT2D eigenvalue weighted by Crippen LogP contribution is 2.62. The van der Waals surface area contributed by atoms with Gasteiger partial charge in [0.1, 0.15) is 11.2 Å². The first-order valence-electron chi connectivity index (χ1n) is 16.6. The van der Waals surface area contributed by atoms with Gasteiger partial charge in [-0.25, -0.2) is 14.6 Å². The van der Waals surface area contributed by atoms with Crippen LogP contribution in [0.5, 0.6) is 0 Å². The number of benzene rings is 2. The third-order valence-corrected chi connectivity index (χ3v) is 11.9. The number of hydrogen-bond acceptors (Lipinski definition) is 9. The van der Waals surface area contributed by atoms with E-state index in [9.17, 15) is 55.7 Å². The number of fused-ring (bicyclic) bond motifs is 10. The fourth-order valence-electron chi connectivity index (χ4n) is 9.54. The first-order chi connectivity index (χ1) is 24.9. The van der Waals surface area contributed by atoms with Crippen LogP contribution < -0.4 is 9.80 Å². The van der Waals surface area contributed by atoms with Crippen LogP contribution in [0.15, 0.2) is 36.4 Å². The smallest absolute Gasteiger partial charge is 0.390 e. The zero-order chi connectivity index (χ0) is 39.9. The van der Waals surface area contributed by atoms with Gasteiger partial charge in [-0.05, 0) is 58.0 Å². The maximum Gasteiger partial charge on any atom is 0.417 e. The number of anilines is 2. The normalized spacial score (nSPS) is 37.7. The van der Waals surface area contributed by atoms with Gasteiger partial charge in [-0.1, -0.05) is 6.07 Å². The molecule has 0 radical (unpaired) electrons. The summed E-state index contributed by atoms with van der Waals surface area (Å²) in [5.41, 5.74) is -8.73. The first kappa shape index (κ1) is 37.4. The third kappa shape index (κ3) is 4.89. The molecule has 4 bridgehead atoms. The lowest BCUT2D eigenvalue weighted by molar-refractivity contribution is -0.138. The number of aliphatic hydroxyl groups excluding tert-OH is 2. The molecule has 4 amide bonds. The van der Waals surface area contributed by atoms with Gasteiger partial charge in [0, 0.05) is 18.5 Å². The lowest BCUT2D eigenvalue weighted by Crippen LogP contribution is -2.49. The molecular formula is C36H30F6N4O8. The second kappa shape index (κ2) is 11.3. The van der Waals surface area contributed by atoms with Crippen molar-refractivity contribution in [2.24, 2.45) is 23.7 Å². The Bertz CT molecular complexity index is 2000. The Morgan fingerprint density at radius 3 is 1.50 bits per heavy atom. The van der Waals surface area contributed by atoms with Crippen LogP contribution in [0.4, 0.5) is 43.4 Å². The van der Waals surface area contributed by atoms with E-state index in [-0.39, 0.29) is 24.2 Å². The van der Waals surface area contributed by atoms with Crippen molar-refractivity contribution in [3.8, 4) is 6.07 Å². The molecule has 18 heteroatoms. The van der Waals surface area contributed by atoms with E-state index < -0.39 is 117 Å². The number of alkyl halides is 6. The van der Waals surface area contributed by atoms with Gasteiger partial charge < -0.3 is 19.7 Å². The number of halogens is 6. The molecule has 6 saturated heterocycles. The summed E-state index contributed by atoms with van der Waals surface area (Å²) in [6.45, 7) is 13.2. The monoisotopic (exact) mass is 760 g/mol. The molecule has 0 spiro atoms. The average Bonchev–Trinajstić information content (AvgIpc) is 3.80. The van der Waals surface area contributed by atoms with Crippen LogP contribution in [0.25, 0.3) is 4.85 Å². The number of nitriles is 1. The van der Waals surface area contributed by atoms with E-state index in [2.05, 4.69) is 4.85 Å². The molecular weight excluding hydrogens is 730 g/mol. The molecule has 284 valence electrons. The van der Waals surface area contributed by atoms with Crippen LogP contribution in [-0.2, 0) is 41.0 Å². The number of amides is 4. The molecule has 10 atom stereocenters. The molecule has 8 rings (SSSR count). The lowest BCUT2D eigenvalue weighted by atomic mass is 9.67. The molecule has 2 aromatic carbocycles. The minimum absolute atomic E-state index is 0.165. The Labute approximate surface area is 302 Å². The Morgan fingerprint density at radius 2 is 1.11 bits per heavy atom. The van der Waals surface area contributed by atoms with E-state index in [1.54, 1.807) is 27.7 Å². The predicted molar refractivity (Wildman–Crippen MR) is 170 cm³/mol. The maximum atomic E-state index is 13.2. The number of imide groups is 2. The number of rotatable bonds is 2. The maximum absolute atomic E-state index is 13.2. The summed E-state index contributed by atoms with van der Waals surface area (Å²) < 4.78 is 91.1. The number of hydrogen-bond donors (Lipinski definition) is 2. The van der Waals surface area contributed by atoms with Gasteiger partial charge in [0.15, 0.2) is 5.69 Å². The summed E-state index contributed by atoms with van der Waals surface area (Å²) in [5, 5.41) is 29.5. The van der Waals surface area contributed by atoms with Crippen molar-refractivity contribution in [1.82, 2.24) is 0 Å². The van der Waals surface area contributed by atoms with Crippen LogP contribution in [0.3, 0.4) is 0 Å². The largest absolute Gasteiger partial charge is 0.417 e. The predicted octanol–water partition coefficient (Wildman–Crippen LogP) is 4.67. The average molecular weight is 761 g/mol. The summed E-state index contributed by atoms with van der Waals surface area (Å²) in [6, 6.07) is 6.94. The molecule has 54 heavy (non-hydrogen) atoms. The molecule has 12 nitrogen and oxygen atoms in total. The van der Waals surface area contributed by atoms with E-state index in [0.717, 1.165) is 34.1 Å². The second-order valence-electron chi connectivity index (χ2n) is 15.2. The molecule has 0 aliphatic carbocycles. The topological polar surface area (TPSA) is 162 Å². The molecule has 6 fully saturated rings. The number of carbonyl (C=O) groups excluding carboxylic acids is 4. The van der Waals surface area contributed by atoms with Gasteiger partial charge in [0.25, 0.3) is 0 Å². The fraction of sp³-hybridized carbons (Fsp3) is 0.500. The van der Waals surface area contributed by atoms with Crippen LogP contribution in [0.1, 0.15) is 57.2 Å². The summed E-state index contributed by atoms with van der Waals surface area (Å²) >= 11 is 0. The molecule has 6 aliphatic rings. The fourth-order valence-corrected chi connectivity index (χ4v) is 9.54. The minimum Gasteiger partial charge on any atom is -0.390 e. The number of aliphatic hydroxyl groups is 2. The van der Waals surface area contributed by atoms with Crippen LogP contribution >= 0.6 is 0 Å². The zero-order valence-electron chi connectivity index (χ0n) is 28.7. The molecule has 0 aromatic heterocycles. The van der Waals surface area contributed by atoms with Crippen LogP contribution in [-0.4, -0.2) is 68.5 Å². The molecule has 2 N–H and O–H groups in total. The standard InChI is InChI=1S/2C18H15F3N2O4/c1-16-7-11(24)17(2,27-16)13-12(16)14(25)23(15(13)26)8-4-5-10(22-3)9(6-8)18(19,20)21;1-16-6-11(24)17(2,27-16)13-12(16)14(25)23(15(13)26)9-4-3-8(7-22)10(5-9)18(19,20)21/h4-6,11-13,24H,7H2,1-2H3;3-5,11-13,24H,6H2,1-2H3/t2*11-,12+,13-,16?,17?/m10/s1. The summed E-state index contributed by atoms with van der Waals surface area (Å²) in [4.78, 5) is 56.2. The lowest BCUT2D eigenvalue weighted by Gasteiger charge is -2.31. The summed E-state index contributed by atoms with van der Waals surface area (Å²) in [7, 11) is 0. The quantitative estimate of drug-likeness (QED) is 0.252. The van der Waals surface area contributed by atoms with Gasteiger partial charge in [0.05, 0.1) is 82.1 Å². The Balaban J connectivity index is 0.000000167. The van der Waals surface area contributed by atoms with E-state index in [4.69, 9.17) is 21.3 Å². The highest BCUT2D eigenvalue weighted by Gasteiger charge is 2.77. The van der Waals surface area contributed by atoms with Crippen molar-refractivity contribution in [2.75, 3.05) is 9.80 Å². The van der Waals surface area contributed by atoms with Crippen LogP contribution in [0, 0.1) is 41.6 Å². The van der Waals surface area contributed by atoms with Crippen molar-refractivity contribution in [1.29, 1.82) is 5.26 Å². The number of carbonyl (C=O) groups is 4. The van der Waals surface area contributed by atoms with Crippen LogP contribution in [0.2, 0.25) is 0 Å². The highest BCUT2D eigenvalue weighted by molar-refractivity contribution is 6.24.